The lowest BCUT2D eigenvalue weighted by Gasteiger charge is -2.30. The molecule has 1 saturated heterocycles. The van der Waals surface area contributed by atoms with Crippen LogP contribution in [-0.4, -0.2) is 31.1 Å². The van der Waals surface area contributed by atoms with Gasteiger partial charge in [-0.1, -0.05) is 0 Å². The van der Waals surface area contributed by atoms with Crippen molar-refractivity contribution in [3.8, 4) is 0 Å². The summed E-state index contributed by atoms with van der Waals surface area (Å²) in [5, 5.41) is 3.31. The lowest BCUT2D eigenvalue weighted by molar-refractivity contribution is -0.147. The van der Waals surface area contributed by atoms with Crippen molar-refractivity contribution in [1.82, 2.24) is 5.32 Å². The first kappa shape index (κ1) is 9.44. The summed E-state index contributed by atoms with van der Waals surface area (Å²) < 4.78 is 11.7. The summed E-state index contributed by atoms with van der Waals surface area (Å²) >= 11 is 0. The second-order valence-corrected chi connectivity index (χ2v) is 4.46. The minimum atomic E-state index is -0.380. The first-order valence-electron chi connectivity index (χ1n) is 5.15. The van der Waals surface area contributed by atoms with Crippen molar-refractivity contribution < 1.29 is 9.47 Å². The van der Waals surface area contributed by atoms with Gasteiger partial charge in [-0.2, -0.15) is 0 Å². The molecule has 13 heavy (non-hydrogen) atoms. The molecule has 0 aromatic rings. The van der Waals surface area contributed by atoms with Gasteiger partial charge < -0.3 is 14.8 Å². The number of fused-ring (bicyclic) bond motifs is 1. The second-order valence-electron chi connectivity index (χ2n) is 4.46. The van der Waals surface area contributed by atoms with Crippen molar-refractivity contribution >= 4 is 0 Å². The summed E-state index contributed by atoms with van der Waals surface area (Å²) in [7, 11) is 2.00. The maximum atomic E-state index is 5.87. The molecule has 0 amide bonds. The Morgan fingerprint density at radius 3 is 2.69 bits per heavy atom. The zero-order chi connectivity index (χ0) is 9.47. The fourth-order valence-electron chi connectivity index (χ4n) is 2.44. The minimum Gasteiger partial charge on any atom is -0.345 e. The molecule has 3 heteroatoms. The van der Waals surface area contributed by atoms with Crippen LogP contribution in [0.15, 0.2) is 0 Å². The Bertz CT molecular complexity index is 193. The monoisotopic (exact) mass is 185 g/mol. The molecule has 3 nitrogen and oxygen atoms in total. The lowest BCUT2D eigenvalue weighted by atomic mass is 9.90. The highest BCUT2D eigenvalue weighted by Crippen LogP contribution is 2.36. The third-order valence-corrected chi connectivity index (χ3v) is 2.99. The van der Waals surface area contributed by atoms with Gasteiger partial charge in [-0.05, 0) is 40.2 Å². The average Bonchev–Trinajstić information content (AvgIpc) is 2.37. The van der Waals surface area contributed by atoms with E-state index in [1.54, 1.807) is 0 Å². The fourth-order valence-corrected chi connectivity index (χ4v) is 2.44. The molecular weight excluding hydrogens is 166 g/mol. The molecule has 2 aliphatic rings. The summed E-state index contributed by atoms with van der Waals surface area (Å²) in [6.07, 6.45) is 4.16. The van der Waals surface area contributed by atoms with Crippen molar-refractivity contribution in [2.75, 3.05) is 7.05 Å². The Balaban J connectivity index is 2.08. The van der Waals surface area contributed by atoms with Crippen molar-refractivity contribution in [3.63, 3.8) is 0 Å². The minimum absolute atomic E-state index is 0.258. The Labute approximate surface area is 79.8 Å². The van der Waals surface area contributed by atoms with Crippen LogP contribution in [0.3, 0.4) is 0 Å². The third kappa shape index (κ3) is 1.73. The molecule has 1 saturated carbocycles. The van der Waals surface area contributed by atoms with E-state index in [4.69, 9.17) is 9.47 Å². The normalized spacial score (nSPS) is 43.2. The summed E-state index contributed by atoms with van der Waals surface area (Å²) in [5.41, 5.74) is 0. The van der Waals surface area contributed by atoms with Crippen LogP contribution in [0.4, 0.5) is 0 Å². The van der Waals surface area contributed by atoms with Gasteiger partial charge in [-0.15, -0.1) is 0 Å². The van der Waals surface area contributed by atoms with Crippen molar-refractivity contribution in [2.45, 2.75) is 57.1 Å². The molecule has 1 N–H and O–H groups in total. The maximum Gasteiger partial charge on any atom is 0.163 e. The molecule has 76 valence electrons. The molecule has 1 aliphatic heterocycles. The number of hydrogen-bond acceptors (Lipinski definition) is 3. The molecule has 1 aliphatic carbocycles. The van der Waals surface area contributed by atoms with Gasteiger partial charge in [0.2, 0.25) is 0 Å². The largest absolute Gasteiger partial charge is 0.345 e. The highest BCUT2D eigenvalue weighted by atomic mass is 16.8. The van der Waals surface area contributed by atoms with Crippen LogP contribution in [0.1, 0.15) is 33.1 Å². The highest BCUT2D eigenvalue weighted by Gasteiger charge is 2.46. The predicted molar refractivity (Wildman–Crippen MR) is 50.5 cm³/mol. The molecule has 0 bridgehead atoms. The van der Waals surface area contributed by atoms with Crippen LogP contribution in [0.25, 0.3) is 0 Å². The SMILES string of the molecule is CNC1CCCC2OC(C)(C)OC12. The second kappa shape index (κ2) is 3.23. The first-order chi connectivity index (χ1) is 6.12. The van der Waals surface area contributed by atoms with Gasteiger partial charge in [0.05, 0.1) is 6.10 Å². The number of likely N-dealkylation sites (N-methyl/N-ethyl adjacent to an activating group) is 1. The Morgan fingerprint density at radius 1 is 1.23 bits per heavy atom. The molecule has 3 atom stereocenters. The van der Waals surface area contributed by atoms with E-state index in [0.29, 0.717) is 12.1 Å². The molecule has 1 heterocycles. The van der Waals surface area contributed by atoms with Crippen LogP contribution >= 0.6 is 0 Å². The van der Waals surface area contributed by atoms with E-state index >= 15 is 0 Å². The highest BCUT2D eigenvalue weighted by molar-refractivity contribution is 4.93. The van der Waals surface area contributed by atoms with Crippen molar-refractivity contribution in [2.24, 2.45) is 0 Å². The Morgan fingerprint density at radius 2 is 2.00 bits per heavy atom. The van der Waals surface area contributed by atoms with E-state index < -0.39 is 0 Å². The van der Waals surface area contributed by atoms with Crippen LogP contribution in [0.2, 0.25) is 0 Å². The third-order valence-electron chi connectivity index (χ3n) is 2.99. The molecule has 0 aromatic heterocycles. The Hall–Kier alpha value is -0.120. The zero-order valence-corrected chi connectivity index (χ0v) is 8.67. The number of hydrogen-bond donors (Lipinski definition) is 1. The zero-order valence-electron chi connectivity index (χ0n) is 8.67. The topological polar surface area (TPSA) is 30.5 Å². The predicted octanol–water partition coefficient (Wildman–Crippen LogP) is 1.28. The van der Waals surface area contributed by atoms with Gasteiger partial charge in [0.15, 0.2) is 5.79 Å². The quantitative estimate of drug-likeness (QED) is 0.667. The van der Waals surface area contributed by atoms with Gasteiger partial charge in [-0.25, -0.2) is 0 Å². The van der Waals surface area contributed by atoms with Crippen LogP contribution in [-0.2, 0) is 9.47 Å². The summed E-state index contributed by atoms with van der Waals surface area (Å²) in [4.78, 5) is 0. The molecule has 3 unspecified atom stereocenters. The van der Waals surface area contributed by atoms with E-state index in [1.165, 1.54) is 12.8 Å². The van der Waals surface area contributed by atoms with E-state index in [0.717, 1.165) is 6.42 Å². The Kier molecular flexibility index (Phi) is 2.34. The summed E-state index contributed by atoms with van der Waals surface area (Å²) in [5.74, 6) is -0.380. The number of nitrogens with one attached hydrogen (secondary N) is 1. The number of ether oxygens (including phenoxy) is 2. The van der Waals surface area contributed by atoms with Crippen molar-refractivity contribution in [3.05, 3.63) is 0 Å². The van der Waals surface area contributed by atoms with Gasteiger partial charge in [-0.3, -0.25) is 0 Å². The molecule has 2 rings (SSSR count). The average molecular weight is 185 g/mol. The smallest absolute Gasteiger partial charge is 0.163 e. The molecular formula is C10H19NO2. The maximum absolute atomic E-state index is 5.87. The van der Waals surface area contributed by atoms with E-state index in [2.05, 4.69) is 5.32 Å². The van der Waals surface area contributed by atoms with Gasteiger partial charge in [0.1, 0.15) is 6.10 Å². The van der Waals surface area contributed by atoms with E-state index in [-0.39, 0.29) is 11.9 Å². The van der Waals surface area contributed by atoms with Crippen LogP contribution in [0, 0.1) is 0 Å². The molecule has 2 fully saturated rings. The summed E-state index contributed by atoms with van der Waals surface area (Å²) in [6, 6.07) is 0.473. The standard InChI is InChI=1S/C10H19NO2/c1-10(2)12-8-6-4-5-7(11-3)9(8)13-10/h7-9,11H,4-6H2,1-3H3. The first-order valence-corrected chi connectivity index (χ1v) is 5.15. The van der Waals surface area contributed by atoms with Gasteiger partial charge in [0, 0.05) is 6.04 Å². The molecule has 0 aromatic carbocycles. The lowest BCUT2D eigenvalue weighted by Crippen LogP contribution is -2.46. The van der Waals surface area contributed by atoms with E-state index in [9.17, 15) is 0 Å². The fraction of sp³-hybridized carbons (Fsp3) is 1.00. The van der Waals surface area contributed by atoms with E-state index in [1.807, 2.05) is 20.9 Å². The van der Waals surface area contributed by atoms with Crippen LogP contribution < -0.4 is 5.32 Å². The summed E-state index contributed by atoms with van der Waals surface area (Å²) in [6.45, 7) is 4.00. The van der Waals surface area contributed by atoms with Crippen molar-refractivity contribution in [1.29, 1.82) is 0 Å². The van der Waals surface area contributed by atoms with Gasteiger partial charge >= 0.3 is 0 Å². The number of rotatable bonds is 1. The van der Waals surface area contributed by atoms with Crippen LogP contribution in [0.5, 0.6) is 0 Å². The molecule has 0 spiro atoms. The molecule has 0 radical (unpaired) electrons. The van der Waals surface area contributed by atoms with Gasteiger partial charge in [0.25, 0.3) is 0 Å².